The molecule has 6 nitrogen and oxygen atoms in total. The summed E-state index contributed by atoms with van der Waals surface area (Å²) < 4.78 is 9.97. The Kier molecular flexibility index (Phi) is 5.23. The average molecular weight is 215 g/mol. The highest BCUT2D eigenvalue weighted by Crippen LogP contribution is 1.97. The number of methoxy groups -OCH3 is 1. The second-order valence-corrected chi connectivity index (χ2v) is 3.29. The Bertz CT molecular complexity index is 277. The van der Waals surface area contributed by atoms with Crippen LogP contribution >= 0.6 is 0 Å². The molecule has 0 saturated heterocycles. The molecular weight excluding hydrogens is 198 g/mol. The van der Waals surface area contributed by atoms with Crippen LogP contribution in [0.3, 0.4) is 0 Å². The summed E-state index contributed by atoms with van der Waals surface area (Å²) in [5.41, 5.74) is 0. The van der Waals surface area contributed by atoms with Crippen molar-refractivity contribution in [3.63, 3.8) is 0 Å². The van der Waals surface area contributed by atoms with Gasteiger partial charge in [-0.1, -0.05) is 0 Å². The molecule has 0 radical (unpaired) electrons. The highest BCUT2D eigenvalue weighted by Gasteiger charge is 2.04. The number of rotatable bonds is 7. The maximum atomic E-state index is 9.33. The van der Waals surface area contributed by atoms with E-state index in [0.717, 1.165) is 0 Å². The van der Waals surface area contributed by atoms with Gasteiger partial charge in [-0.3, -0.25) is 0 Å². The van der Waals surface area contributed by atoms with Crippen molar-refractivity contribution in [2.45, 2.75) is 26.0 Å². The molecule has 0 fully saturated rings. The van der Waals surface area contributed by atoms with Crippen molar-refractivity contribution in [3.8, 4) is 0 Å². The minimum atomic E-state index is -0.424. The third-order valence-corrected chi connectivity index (χ3v) is 1.86. The van der Waals surface area contributed by atoms with E-state index < -0.39 is 6.10 Å². The molecule has 0 bridgehead atoms. The number of aliphatic hydroxyl groups is 1. The fraction of sp³-hybridized carbons (Fsp3) is 0.778. The fourth-order valence-corrected chi connectivity index (χ4v) is 1.15. The number of nitrogens with one attached hydrogen (secondary N) is 1. The summed E-state index contributed by atoms with van der Waals surface area (Å²) in [7, 11) is 1.57. The van der Waals surface area contributed by atoms with Crippen molar-refractivity contribution in [2.24, 2.45) is 0 Å². The van der Waals surface area contributed by atoms with Gasteiger partial charge in [0, 0.05) is 14.0 Å². The average Bonchev–Trinajstić information content (AvgIpc) is 2.60. The van der Waals surface area contributed by atoms with Crippen molar-refractivity contribution in [1.29, 1.82) is 0 Å². The molecule has 0 aliphatic rings. The van der Waals surface area contributed by atoms with Gasteiger partial charge in [0.05, 0.1) is 19.3 Å². The molecule has 1 atom stereocenters. The Morgan fingerprint density at radius 3 is 2.93 bits per heavy atom. The second-order valence-electron chi connectivity index (χ2n) is 3.29. The SMILES string of the molecule is COCC(O)CCNCc1nnc(C)o1. The lowest BCUT2D eigenvalue weighted by atomic mass is 10.2. The molecule has 1 unspecified atom stereocenters. The smallest absolute Gasteiger partial charge is 0.230 e. The van der Waals surface area contributed by atoms with Gasteiger partial charge < -0.3 is 19.6 Å². The summed E-state index contributed by atoms with van der Waals surface area (Å²) in [4.78, 5) is 0. The van der Waals surface area contributed by atoms with Crippen molar-refractivity contribution >= 4 is 0 Å². The molecule has 2 N–H and O–H groups in total. The van der Waals surface area contributed by atoms with Gasteiger partial charge in [-0.25, -0.2) is 0 Å². The van der Waals surface area contributed by atoms with Crippen molar-refractivity contribution in [2.75, 3.05) is 20.3 Å². The highest BCUT2D eigenvalue weighted by atomic mass is 16.5. The maximum absolute atomic E-state index is 9.33. The third kappa shape index (κ3) is 4.87. The predicted octanol–water partition coefficient (Wildman–Crippen LogP) is -0.135. The molecule has 0 amide bonds. The predicted molar refractivity (Wildman–Crippen MR) is 53.2 cm³/mol. The van der Waals surface area contributed by atoms with Gasteiger partial charge in [-0.05, 0) is 13.0 Å². The zero-order valence-electron chi connectivity index (χ0n) is 9.06. The van der Waals surface area contributed by atoms with E-state index in [-0.39, 0.29) is 0 Å². The van der Waals surface area contributed by atoms with Gasteiger partial charge in [-0.2, -0.15) is 0 Å². The van der Waals surface area contributed by atoms with Crippen LogP contribution in [0.25, 0.3) is 0 Å². The monoisotopic (exact) mass is 215 g/mol. The van der Waals surface area contributed by atoms with E-state index in [1.165, 1.54) is 0 Å². The van der Waals surface area contributed by atoms with Crippen LogP contribution in [-0.2, 0) is 11.3 Å². The van der Waals surface area contributed by atoms with E-state index in [2.05, 4.69) is 15.5 Å². The molecule has 1 aromatic rings. The Morgan fingerprint density at radius 2 is 2.33 bits per heavy atom. The van der Waals surface area contributed by atoms with Crippen LogP contribution in [0.15, 0.2) is 4.42 Å². The van der Waals surface area contributed by atoms with Crippen molar-refractivity contribution < 1.29 is 14.3 Å². The van der Waals surface area contributed by atoms with E-state index in [4.69, 9.17) is 9.15 Å². The number of nitrogens with zero attached hydrogens (tertiary/aromatic N) is 2. The van der Waals surface area contributed by atoms with Gasteiger partial charge in [0.25, 0.3) is 0 Å². The molecule has 0 saturated carbocycles. The number of ether oxygens (including phenoxy) is 1. The quantitative estimate of drug-likeness (QED) is 0.616. The number of aliphatic hydroxyl groups excluding tert-OH is 1. The Labute approximate surface area is 88.6 Å². The van der Waals surface area contributed by atoms with E-state index >= 15 is 0 Å². The molecular formula is C9H17N3O3. The topological polar surface area (TPSA) is 80.4 Å². The van der Waals surface area contributed by atoms with Gasteiger partial charge in [0.15, 0.2) is 0 Å². The summed E-state index contributed by atoms with van der Waals surface area (Å²) in [6.07, 6.45) is 0.216. The van der Waals surface area contributed by atoms with Gasteiger partial charge in [0.1, 0.15) is 0 Å². The van der Waals surface area contributed by atoms with E-state index in [1.807, 2.05) is 0 Å². The Hall–Kier alpha value is -0.980. The van der Waals surface area contributed by atoms with Crippen LogP contribution < -0.4 is 5.32 Å². The summed E-state index contributed by atoms with van der Waals surface area (Å²) in [5, 5.41) is 20.0. The first-order valence-corrected chi connectivity index (χ1v) is 4.89. The maximum Gasteiger partial charge on any atom is 0.230 e. The largest absolute Gasteiger partial charge is 0.424 e. The standard InChI is InChI=1S/C9H17N3O3/c1-7-11-12-9(15-7)5-10-4-3-8(13)6-14-2/h8,10,13H,3-6H2,1-2H3. The van der Waals surface area contributed by atoms with Gasteiger partial charge in [-0.15, -0.1) is 10.2 Å². The normalized spacial score (nSPS) is 13.0. The number of hydrogen-bond acceptors (Lipinski definition) is 6. The summed E-state index contributed by atoms with van der Waals surface area (Å²) in [5.74, 6) is 1.12. The summed E-state index contributed by atoms with van der Waals surface area (Å²) in [6.45, 7) is 3.33. The molecule has 0 aliphatic carbocycles. The number of aryl methyl sites for hydroxylation is 1. The highest BCUT2D eigenvalue weighted by molar-refractivity contribution is 4.77. The van der Waals surface area contributed by atoms with Gasteiger partial charge in [0.2, 0.25) is 11.8 Å². The van der Waals surface area contributed by atoms with E-state index in [1.54, 1.807) is 14.0 Å². The number of aromatic nitrogens is 2. The molecule has 6 heteroatoms. The zero-order valence-corrected chi connectivity index (χ0v) is 9.06. The first-order valence-electron chi connectivity index (χ1n) is 4.89. The first kappa shape index (κ1) is 12.1. The lowest BCUT2D eigenvalue weighted by Crippen LogP contribution is -2.23. The minimum absolute atomic E-state index is 0.362. The van der Waals surface area contributed by atoms with Crippen LogP contribution in [0.5, 0.6) is 0 Å². The second kappa shape index (κ2) is 6.49. The summed E-state index contributed by atoms with van der Waals surface area (Å²) in [6, 6.07) is 0. The molecule has 0 spiro atoms. The lowest BCUT2D eigenvalue weighted by Gasteiger charge is -2.08. The van der Waals surface area contributed by atoms with Crippen LogP contribution in [0.4, 0.5) is 0 Å². The number of hydrogen-bond donors (Lipinski definition) is 2. The zero-order chi connectivity index (χ0) is 11.1. The Morgan fingerprint density at radius 1 is 1.53 bits per heavy atom. The van der Waals surface area contributed by atoms with E-state index in [9.17, 15) is 5.11 Å². The Balaban J connectivity index is 2.06. The lowest BCUT2D eigenvalue weighted by molar-refractivity contribution is 0.0593. The van der Waals surface area contributed by atoms with Crippen LogP contribution in [0, 0.1) is 6.92 Å². The first-order chi connectivity index (χ1) is 7.22. The van der Waals surface area contributed by atoms with Crippen molar-refractivity contribution in [3.05, 3.63) is 11.8 Å². The molecule has 1 rings (SSSR count). The molecule has 1 aromatic heterocycles. The third-order valence-electron chi connectivity index (χ3n) is 1.86. The van der Waals surface area contributed by atoms with Crippen LogP contribution in [0.1, 0.15) is 18.2 Å². The molecule has 0 aliphatic heterocycles. The summed E-state index contributed by atoms with van der Waals surface area (Å²) >= 11 is 0. The molecule has 15 heavy (non-hydrogen) atoms. The van der Waals surface area contributed by atoms with Crippen LogP contribution in [0.2, 0.25) is 0 Å². The van der Waals surface area contributed by atoms with Crippen molar-refractivity contribution in [1.82, 2.24) is 15.5 Å². The van der Waals surface area contributed by atoms with E-state index in [0.29, 0.717) is 37.9 Å². The fourth-order valence-electron chi connectivity index (χ4n) is 1.15. The molecule has 0 aromatic carbocycles. The molecule has 86 valence electrons. The van der Waals surface area contributed by atoms with Crippen LogP contribution in [-0.4, -0.2) is 41.7 Å². The minimum Gasteiger partial charge on any atom is -0.424 e. The van der Waals surface area contributed by atoms with Gasteiger partial charge >= 0.3 is 0 Å². The molecule has 1 heterocycles.